The molecule has 0 radical (unpaired) electrons. The molecule has 0 spiro atoms. The fraction of sp³-hybridized carbons (Fsp3) is 0.300. The van der Waals surface area contributed by atoms with Gasteiger partial charge in [0.1, 0.15) is 0 Å². The van der Waals surface area contributed by atoms with Crippen LogP contribution in [0.3, 0.4) is 0 Å². The van der Waals surface area contributed by atoms with E-state index in [4.69, 9.17) is 0 Å². The molecule has 120 valence electrons. The smallest absolute Gasteiger partial charge is 0.0802 e. The van der Waals surface area contributed by atoms with E-state index in [1.54, 1.807) is 0 Å². The van der Waals surface area contributed by atoms with Gasteiger partial charge < -0.3 is 4.90 Å². The molecule has 1 heterocycles. The Balaban J connectivity index is 2.03. The zero-order valence-corrected chi connectivity index (χ0v) is 15.7. The van der Waals surface area contributed by atoms with Gasteiger partial charge in [-0.3, -0.25) is 0 Å². The minimum atomic E-state index is 1.08. The van der Waals surface area contributed by atoms with Crippen LogP contribution in [0, 0.1) is 0 Å². The van der Waals surface area contributed by atoms with E-state index in [1.165, 1.54) is 43.5 Å². The number of quaternary nitrogens is 1. The zero-order valence-electron chi connectivity index (χ0n) is 14.1. The average Bonchev–Trinajstić information content (AvgIpc) is 2.54. The zero-order chi connectivity index (χ0) is 16.2. The Morgan fingerprint density at radius 1 is 1.04 bits per heavy atom. The first-order chi connectivity index (χ1) is 11.2. The van der Waals surface area contributed by atoms with Crippen LogP contribution in [-0.4, -0.2) is 26.9 Å². The van der Waals surface area contributed by atoms with Crippen molar-refractivity contribution < 1.29 is 4.90 Å². The van der Waals surface area contributed by atoms with Crippen molar-refractivity contribution in [2.24, 2.45) is 0 Å². The maximum atomic E-state index is 2.44. The second kappa shape index (κ2) is 7.61. The molecule has 0 atom stereocenters. The highest BCUT2D eigenvalue weighted by molar-refractivity contribution is 7.99. The summed E-state index contributed by atoms with van der Waals surface area (Å²) in [6, 6.07) is 15.8. The highest BCUT2D eigenvalue weighted by Gasteiger charge is 2.20. The Labute approximate surface area is 148 Å². The summed E-state index contributed by atoms with van der Waals surface area (Å²) in [6.07, 6.45) is 5.72. The summed E-state index contributed by atoms with van der Waals surface area (Å²) in [5.74, 6) is 1.08. The van der Waals surface area contributed by atoms with Gasteiger partial charge >= 0.3 is 0 Å². The number of hydrogen-bond acceptors (Lipinski definition) is 2. The number of hydrogen-bond donors (Lipinski definition) is 1. The molecule has 0 bridgehead atoms. The molecular weight excluding hydrogens is 318 g/mol. The van der Waals surface area contributed by atoms with Crippen molar-refractivity contribution in [1.82, 2.24) is 0 Å². The van der Waals surface area contributed by atoms with Crippen molar-refractivity contribution in [3.05, 3.63) is 65.2 Å². The Morgan fingerprint density at radius 2 is 1.83 bits per heavy atom. The third kappa shape index (κ3) is 3.85. The van der Waals surface area contributed by atoms with Crippen molar-refractivity contribution in [2.45, 2.75) is 22.0 Å². The molecule has 0 unspecified atom stereocenters. The summed E-state index contributed by atoms with van der Waals surface area (Å²) in [7, 11) is 4.43. The molecule has 1 aliphatic heterocycles. The van der Waals surface area contributed by atoms with Gasteiger partial charge in [-0.1, -0.05) is 42.1 Å². The topological polar surface area (TPSA) is 4.44 Å². The predicted molar refractivity (Wildman–Crippen MR) is 104 cm³/mol. The molecule has 0 aliphatic carbocycles. The summed E-state index contributed by atoms with van der Waals surface area (Å²) < 4.78 is 0. The van der Waals surface area contributed by atoms with Gasteiger partial charge in [-0.25, -0.2) is 0 Å². The van der Waals surface area contributed by atoms with Gasteiger partial charge in [-0.2, -0.15) is 11.8 Å². The lowest BCUT2D eigenvalue weighted by molar-refractivity contribution is -0.857. The number of nitrogens with one attached hydrogen (secondary N) is 1. The minimum Gasteiger partial charge on any atom is -0.340 e. The van der Waals surface area contributed by atoms with Crippen molar-refractivity contribution in [2.75, 3.05) is 26.9 Å². The minimum absolute atomic E-state index is 1.08. The molecule has 1 N–H and O–H groups in total. The van der Waals surface area contributed by atoms with Crippen molar-refractivity contribution in [3.8, 4) is 0 Å². The van der Waals surface area contributed by atoms with Gasteiger partial charge in [0.05, 0.1) is 20.6 Å². The van der Waals surface area contributed by atoms with Gasteiger partial charge in [0.25, 0.3) is 0 Å². The summed E-state index contributed by atoms with van der Waals surface area (Å²) in [6.45, 7) is 1.17. The molecule has 2 aromatic rings. The second-order valence-corrected chi connectivity index (χ2v) is 8.18. The largest absolute Gasteiger partial charge is 0.340 e. The highest BCUT2D eigenvalue weighted by atomic mass is 32.2. The van der Waals surface area contributed by atoms with E-state index in [2.05, 4.69) is 68.9 Å². The molecule has 1 nitrogen and oxygen atoms in total. The van der Waals surface area contributed by atoms with Crippen LogP contribution in [0.15, 0.2) is 58.3 Å². The average molecular weight is 343 g/mol. The van der Waals surface area contributed by atoms with Gasteiger partial charge in [-0.15, -0.1) is 0 Å². The maximum Gasteiger partial charge on any atom is 0.0802 e. The maximum absolute atomic E-state index is 2.44. The lowest BCUT2D eigenvalue weighted by Crippen LogP contribution is -3.05. The van der Waals surface area contributed by atoms with Crippen LogP contribution in [0.25, 0.3) is 5.57 Å². The Kier molecular flexibility index (Phi) is 5.52. The molecule has 2 aromatic carbocycles. The highest BCUT2D eigenvalue weighted by Crippen LogP contribution is 2.45. The molecule has 0 saturated carbocycles. The summed E-state index contributed by atoms with van der Waals surface area (Å²) in [4.78, 5) is 4.26. The van der Waals surface area contributed by atoms with Gasteiger partial charge in [-0.05, 0) is 46.7 Å². The monoisotopic (exact) mass is 342 g/mol. The summed E-state index contributed by atoms with van der Waals surface area (Å²) in [5, 5.41) is 0. The first kappa shape index (κ1) is 16.7. The lowest BCUT2D eigenvalue weighted by Gasteiger charge is -2.23. The quantitative estimate of drug-likeness (QED) is 0.748. The third-order valence-corrected chi connectivity index (χ3v) is 5.81. The summed E-state index contributed by atoms with van der Waals surface area (Å²) >= 11 is 3.78. The molecule has 3 heteroatoms. The van der Waals surface area contributed by atoms with Crippen LogP contribution < -0.4 is 4.90 Å². The van der Waals surface area contributed by atoms with Crippen LogP contribution in [0.1, 0.15) is 23.1 Å². The molecule has 0 aromatic heterocycles. The van der Waals surface area contributed by atoms with E-state index >= 15 is 0 Å². The fourth-order valence-corrected chi connectivity index (χ4v) is 4.50. The Hall–Kier alpha value is -1.16. The summed E-state index contributed by atoms with van der Waals surface area (Å²) in [5.41, 5.74) is 5.63. The fourth-order valence-electron chi connectivity index (χ4n) is 2.90. The Morgan fingerprint density at radius 3 is 2.61 bits per heavy atom. The number of rotatable bonds is 5. The first-order valence-electron chi connectivity index (χ1n) is 8.07. The lowest BCUT2D eigenvalue weighted by atomic mass is 9.95. The normalized spacial score (nSPS) is 14.9. The first-order valence-corrected chi connectivity index (χ1v) is 10.3. The number of fused-ring (bicyclic) bond motifs is 2. The van der Waals surface area contributed by atoms with E-state index in [9.17, 15) is 0 Å². The Bertz CT molecular complexity index is 719. The molecule has 0 amide bonds. The SMILES string of the molecule is CSCc1ccc2c(c1)C(=CCC[NH+](C)C)c1ccccc1S2. The molecule has 0 fully saturated rings. The van der Waals surface area contributed by atoms with Crippen LogP contribution in [0.2, 0.25) is 0 Å². The molecule has 0 saturated heterocycles. The second-order valence-electron chi connectivity index (χ2n) is 6.23. The molecular formula is C20H24NS2+. The third-order valence-electron chi connectivity index (χ3n) is 4.04. The van der Waals surface area contributed by atoms with Crippen molar-refractivity contribution >= 4 is 29.1 Å². The van der Waals surface area contributed by atoms with Crippen molar-refractivity contribution in [1.29, 1.82) is 0 Å². The molecule has 3 rings (SSSR count). The number of benzene rings is 2. The van der Waals surface area contributed by atoms with E-state index < -0.39 is 0 Å². The predicted octanol–water partition coefficient (Wildman–Crippen LogP) is 3.98. The van der Waals surface area contributed by atoms with Crippen LogP contribution in [0.5, 0.6) is 0 Å². The van der Waals surface area contributed by atoms with Gasteiger partial charge in [0.15, 0.2) is 0 Å². The van der Waals surface area contributed by atoms with E-state index in [-0.39, 0.29) is 0 Å². The van der Waals surface area contributed by atoms with Crippen LogP contribution >= 0.6 is 23.5 Å². The number of thioether (sulfide) groups is 1. The van der Waals surface area contributed by atoms with E-state index in [0.717, 1.165) is 12.2 Å². The van der Waals surface area contributed by atoms with E-state index in [1.807, 2.05) is 23.5 Å². The van der Waals surface area contributed by atoms with Gasteiger partial charge in [0, 0.05) is 22.0 Å². The van der Waals surface area contributed by atoms with Gasteiger partial charge in [0.2, 0.25) is 0 Å². The van der Waals surface area contributed by atoms with E-state index in [0.29, 0.717) is 0 Å². The molecule has 23 heavy (non-hydrogen) atoms. The van der Waals surface area contributed by atoms with Crippen LogP contribution in [-0.2, 0) is 5.75 Å². The van der Waals surface area contributed by atoms with Crippen LogP contribution in [0.4, 0.5) is 0 Å². The van der Waals surface area contributed by atoms with Crippen molar-refractivity contribution in [3.63, 3.8) is 0 Å². The molecule has 1 aliphatic rings. The standard InChI is InChI=1S/C20H23NS2/c1-21(2)12-6-8-16-17-7-4-5-9-19(17)23-20-11-10-15(14-22-3)13-18(16)20/h4-5,7-11,13H,6,12,14H2,1-3H3/p+1.